The zero-order valence-electron chi connectivity index (χ0n) is 18.8. The Balaban J connectivity index is 2.34. The molecule has 0 saturated heterocycles. The minimum atomic E-state index is -0.576. The van der Waals surface area contributed by atoms with Crippen molar-refractivity contribution in [2.24, 2.45) is 0 Å². The highest BCUT2D eigenvalue weighted by Crippen LogP contribution is 2.39. The number of ether oxygens (including phenoxy) is 1. The SMILES string of the molecule is COc1cc(O)c(C/C=C(\C)CCC=C(C)C)c(O)c1C(=O)C=Cc1cc(O)ccc1O. The smallest absolute Gasteiger partial charge is 0.193 e. The summed E-state index contributed by atoms with van der Waals surface area (Å²) in [5.74, 6) is -1.24. The van der Waals surface area contributed by atoms with Gasteiger partial charge >= 0.3 is 0 Å². The van der Waals surface area contributed by atoms with Gasteiger partial charge < -0.3 is 25.2 Å². The van der Waals surface area contributed by atoms with Gasteiger partial charge in [-0.1, -0.05) is 23.3 Å². The maximum absolute atomic E-state index is 12.8. The summed E-state index contributed by atoms with van der Waals surface area (Å²) in [7, 11) is 1.34. The Morgan fingerprint density at radius 3 is 2.38 bits per heavy atom. The van der Waals surface area contributed by atoms with Gasteiger partial charge in [-0.05, 0) is 70.4 Å². The topological polar surface area (TPSA) is 107 Å². The number of methoxy groups -OCH3 is 1. The molecular formula is C26H30O6. The van der Waals surface area contributed by atoms with Gasteiger partial charge in [0, 0.05) is 17.2 Å². The van der Waals surface area contributed by atoms with Gasteiger partial charge in [0.25, 0.3) is 0 Å². The molecule has 6 nitrogen and oxygen atoms in total. The molecule has 2 aromatic carbocycles. The van der Waals surface area contributed by atoms with Gasteiger partial charge in [0.05, 0.1) is 7.11 Å². The molecule has 0 aliphatic heterocycles. The highest BCUT2D eigenvalue weighted by Gasteiger charge is 2.22. The van der Waals surface area contributed by atoms with Gasteiger partial charge in [-0.15, -0.1) is 0 Å². The zero-order chi connectivity index (χ0) is 23.8. The van der Waals surface area contributed by atoms with Crippen molar-refractivity contribution in [3.63, 3.8) is 0 Å². The summed E-state index contributed by atoms with van der Waals surface area (Å²) in [6.45, 7) is 6.07. The third-order valence-electron chi connectivity index (χ3n) is 4.98. The minimum absolute atomic E-state index is 0.0304. The summed E-state index contributed by atoms with van der Waals surface area (Å²) in [5.41, 5.74) is 2.73. The van der Waals surface area contributed by atoms with E-state index in [0.29, 0.717) is 0 Å². The fourth-order valence-corrected chi connectivity index (χ4v) is 3.16. The van der Waals surface area contributed by atoms with Crippen molar-refractivity contribution in [3.05, 3.63) is 70.3 Å². The third kappa shape index (κ3) is 6.41. The van der Waals surface area contributed by atoms with Gasteiger partial charge in [0.2, 0.25) is 0 Å². The van der Waals surface area contributed by atoms with Crippen LogP contribution in [0.25, 0.3) is 6.08 Å². The van der Waals surface area contributed by atoms with E-state index in [0.717, 1.165) is 24.5 Å². The summed E-state index contributed by atoms with van der Waals surface area (Å²) >= 11 is 0. The molecule has 0 spiro atoms. The van der Waals surface area contributed by atoms with Crippen molar-refractivity contribution >= 4 is 11.9 Å². The standard InChI is InChI=1S/C26H30O6/c1-16(2)6-5-7-17(3)8-11-20-23(30)15-24(32-4)25(26(20)31)22(29)12-9-18-14-19(27)10-13-21(18)28/h6,8-10,12-15,27-28,30-31H,5,7,11H2,1-4H3/b12-9?,17-8+. The number of phenolic OH excluding ortho intramolecular Hbond substituents is 4. The monoisotopic (exact) mass is 438 g/mol. The molecule has 4 N–H and O–H groups in total. The molecule has 0 bridgehead atoms. The molecule has 0 aliphatic carbocycles. The predicted octanol–water partition coefficient (Wildman–Crippen LogP) is 5.65. The minimum Gasteiger partial charge on any atom is -0.508 e. The molecule has 0 aliphatic rings. The highest BCUT2D eigenvalue weighted by molar-refractivity contribution is 6.11. The van der Waals surface area contributed by atoms with Gasteiger partial charge in [-0.25, -0.2) is 0 Å². The van der Waals surface area contributed by atoms with Crippen molar-refractivity contribution in [3.8, 4) is 28.7 Å². The number of aromatic hydroxyl groups is 4. The molecule has 0 aromatic heterocycles. The predicted molar refractivity (Wildman–Crippen MR) is 126 cm³/mol. The molecule has 0 saturated carbocycles. The van der Waals surface area contributed by atoms with Crippen LogP contribution < -0.4 is 4.74 Å². The first-order valence-corrected chi connectivity index (χ1v) is 10.3. The Labute approximate surface area is 188 Å². The van der Waals surface area contributed by atoms with Crippen LogP contribution in [-0.2, 0) is 6.42 Å². The number of carbonyl (C=O) groups excluding carboxylic acids is 1. The number of phenols is 4. The lowest BCUT2D eigenvalue weighted by atomic mass is 9.98. The van der Waals surface area contributed by atoms with Crippen molar-refractivity contribution in [1.29, 1.82) is 0 Å². The van der Waals surface area contributed by atoms with Crippen LogP contribution in [0, 0.1) is 0 Å². The first-order valence-electron chi connectivity index (χ1n) is 10.3. The second-order valence-corrected chi connectivity index (χ2v) is 7.82. The van der Waals surface area contributed by atoms with Crippen LogP contribution in [0.1, 0.15) is 55.1 Å². The average molecular weight is 439 g/mol. The molecule has 0 unspecified atom stereocenters. The van der Waals surface area contributed by atoms with Crippen molar-refractivity contribution in [1.82, 2.24) is 0 Å². The van der Waals surface area contributed by atoms with Crippen LogP contribution in [0.2, 0.25) is 0 Å². The van der Waals surface area contributed by atoms with E-state index < -0.39 is 5.78 Å². The quantitative estimate of drug-likeness (QED) is 0.174. The summed E-state index contributed by atoms with van der Waals surface area (Å²) in [6, 6.07) is 5.24. The van der Waals surface area contributed by atoms with E-state index in [4.69, 9.17) is 4.74 Å². The van der Waals surface area contributed by atoms with Crippen molar-refractivity contribution in [2.75, 3.05) is 7.11 Å². The van der Waals surface area contributed by atoms with Crippen LogP contribution in [0.4, 0.5) is 0 Å². The Kier molecular flexibility index (Phi) is 8.53. The average Bonchev–Trinajstić information content (AvgIpc) is 2.73. The second kappa shape index (κ2) is 11.1. The Morgan fingerprint density at radius 2 is 1.72 bits per heavy atom. The summed E-state index contributed by atoms with van der Waals surface area (Å²) in [4.78, 5) is 12.8. The van der Waals surface area contributed by atoms with E-state index >= 15 is 0 Å². The van der Waals surface area contributed by atoms with E-state index in [-0.39, 0.29) is 51.9 Å². The molecule has 2 aromatic rings. The molecule has 0 atom stereocenters. The lowest BCUT2D eigenvalue weighted by Crippen LogP contribution is -2.02. The van der Waals surface area contributed by atoms with E-state index in [1.54, 1.807) is 0 Å². The lowest BCUT2D eigenvalue weighted by Gasteiger charge is -2.14. The molecule has 0 heterocycles. The number of rotatable bonds is 9. The Morgan fingerprint density at radius 1 is 1.00 bits per heavy atom. The maximum Gasteiger partial charge on any atom is 0.193 e. The number of ketones is 1. The third-order valence-corrected chi connectivity index (χ3v) is 4.98. The molecule has 0 radical (unpaired) electrons. The first-order chi connectivity index (χ1) is 15.1. The maximum atomic E-state index is 12.8. The number of allylic oxidation sites excluding steroid dienone is 5. The molecule has 0 fully saturated rings. The first kappa shape index (κ1) is 24.6. The van der Waals surface area contributed by atoms with E-state index in [1.165, 1.54) is 43.0 Å². The van der Waals surface area contributed by atoms with E-state index in [2.05, 4.69) is 6.08 Å². The number of hydrogen-bond acceptors (Lipinski definition) is 6. The zero-order valence-corrected chi connectivity index (χ0v) is 18.8. The van der Waals surface area contributed by atoms with Gasteiger partial charge in [-0.2, -0.15) is 0 Å². The number of carbonyl (C=O) groups is 1. The second-order valence-electron chi connectivity index (χ2n) is 7.82. The van der Waals surface area contributed by atoms with Crippen molar-refractivity contribution in [2.45, 2.75) is 40.0 Å². The largest absolute Gasteiger partial charge is 0.508 e. The fraction of sp³-hybridized carbons (Fsp3) is 0.269. The van der Waals surface area contributed by atoms with Crippen LogP contribution >= 0.6 is 0 Å². The number of benzene rings is 2. The molecule has 2 rings (SSSR count). The Bertz CT molecular complexity index is 1070. The van der Waals surface area contributed by atoms with Crippen LogP contribution in [0.3, 0.4) is 0 Å². The van der Waals surface area contributed by atoms with Crippen molar-refractivity contribution < 1.29 is 30.0 Å². The molecule has 6 heteroatoms. The summed E-state index contributed by atoms with van der Waals surface area (Å²) < 4.78 is 5.19. The normalized spacial score (nSPS) is 11.6. The van der Waals surface area contributed by atoms with E-state index in [9.17, 15) is 25.2 Å². The fourth-order valence-electron chi connectivity index (χ4n) is 3.16. The van der Waals surface area contributed by atoms with E-state index in [1.807, 2.05) is 26.8 Å². The van der Waals surface area contributed by atoms with Crippen LogP contribution in [-0.4, -0.2) is 33.3 Å². The summed E-state index contributed by atoms with van der Waals surface area (Å²) in [6.07, 6.45) is 8.55. The lowest BCUT2D eigenvalue weighted by molar-refractivity contribution is 0.104. The molecule has 0 amide bonds. The highest BCUT2D eigenvalue weighted by atomic mass is 16.5. The summed E-state index contributed by atoms with van der Waals surface area (Å²) in [5, 5.41) is 40.6. The van der Waals surface area contributed by atoms with Gasteiger partial charge in [-0.3, -0.25) is 4.79 Å². The molecule has 170 valence electrons. The van der Waals surface area contributed by atoms with Gasteiger partial charge in [0.15, 0.2) is 5.78 Å². The van der Waals surface area contributed by atoms with Crippen LogP contribution in [0.5, 0.6) is 28.7 Å². The molecular weight excluding hydrogens is 408 g/mol. The Hall–Kier alpha value is -3.67. The van der Waals surface area contributed by atoms with Gasteiger partial charge in [0.1, 0.15) is 34.3 Å². The van der Waals surface area contributed by atoms with Crippen LogP contribution in [0.15, 0.2) is 53.6 Å². The molecule has 32 heavy (non-hydrogen) atoms. The number of hydrogen-bond donors (Lipinski definition) is 4.